The molecule has 3 aromatic rings. The maximum absolute atomic E-state index is 14.0. The Bertz CT molecular complexity index is 1830. The molecule has 0 aliphatic carbocycles. The highest BCUT2D eigenvalue weighted by molar-refractivity contribution is 5.96. The molecule has 5 atom stereocenters. The number of carbonyl (C=O) groups excluding carboxylic acids is 5. The van der Waals surface area contributed by atoms with E-state index in [1.807, 2.05) is 18.2 Å². The Labute approximate surface area is 316 Å². The molecule has 0 unspecified atom stereocenters. The fraction of sp³-hybridized carbons (Fsp3) is 0.389. The number of carboxylic acid groups (broad SMARTS) is 2. The number of aromatic amines is 1. The Balaban J connectivity index is 1.86. The molecule has 55 heavy (non-hydrogen) atoms. The van der Waals surface area contributed by atoms with E-state index < -0.39 is 78.1 Å². The Hall–Kier alpha value is -6.50. The van der Waals surface area contributed by atoms with Crippen molar-refractivity contribution >= 4 is 58.3 Å². The lowest BCUT2D eigenvalue weighted by Gasteiger charge is -2.26. The van der Waals surface area contributed by atoms with Gasteiger partial charge in [0, 0.05) is 49.3 Å². The number of guanidine groups is 1. The molecular formula is C36H48N10O9. The fourth-order valence-corrected chi connectivity index (χ4v) is 5.64. The van der Waals surface area contributed by atoms with Crippen LogP contribution in [0.4, 0.5) is 0 Å². The van der Waals surface area contributed by atoms with Crippen molar-refractivity contribution in [2.45, 2.75) is 81.6 Å². The number of carbonyl (C=O) groups is 7. The van der Waals surface area contributed by atoms with Crippen LogP contribution in [0.25, 0.3) is 10.9 Å². The minimum atomic E-state index is -1.42. The molecule has 0 bridgehead atoms. The molecule has 0 aliphatic heterocycles. The molecule has 15 N–H and O–H groups in total. The summed E-state index contributed by atoms with van der Waals surface area (Å²) in [6.07, 6.45) is 0.388. The van der Waals surface area contributed by atoms with Crippen molar-refractivity contribution in [2.75, 3.05) is 6.54 Å². The van der Waals surface area contributed by atoms with Crippen molar-refractivity contribution in [3.05, 3.63) is 71.9 Å². The number of amides is 5. The van der Waals surface area contributed by atoms with Crippen LogP contribution in [-0.2, 0) is 46.4 Å². The van der Waals surface area contributed by atoms with Crippen LogP contribution in [0.2, 0.25) is 0 Å². The molecule has 296 valence electrons. The van der Waals surface area contributed by atoms with Crippen LogP contribution in [0.5, 0.6) is 0 Å². The van der Waals surface area contributed by atoms with Crippen LogP contribution in [0.3, 0.4) is 0 Å². The molecule has 0 saturated heterocycles. The minimum Gasteiger partial charge on any atom is -0.481 e. The van der Waals surface area contributed by atoms with Gasteiger partial charge in [-0.15, -0.1) is 0 Å². The molecule has 0 fully saturated rings. The number of nitrogens with one attached hydrogen (secondary N) is 7. The second-order valence-electron chi connectivity index (χ2n) is 12.9. The molecule has 0 spiro atoms. The van der Waals surface area contributed by atoms with Gasteiger partial charge in [0.05, 0.1) is 6.04 Å². The van der Waals surface area contributed by atoms with E-state index in [4.69, 9.17) is 27.7 Å². The predicted molar refractivity (Wildman–Crippen MR) is 200 cm³/mol. The third-order valence-electron chi connectivity index (χ3n) is 8.57. The smallest absolute Gasteiger partial charge is 0.326 e. The van der Waals surface area contributed by atoms with E-state index in [1.165, 1.54) is 0 Å². The number of primary amides is 1. The minimum absolute atomic E-state index is 0.0329. The molecule has 2 aromatic carbocycles. The van der Waals surface area contributed by atoms with Crippen molar-refractivity contribution in [3.63, 3.8) is 0 Å². The zero-order chi connectivity index (χ0) is 40.5. The number of hydrogen-bond acceptors (Lipinski definition) is 9. The van der Waals surface area contributed by atoms with Crippen LogP contribution in [-0.4, -0.2) is 99.4 Å². The van der Waals surface area contributed by atoms with Crippen LogP contribution >= 0.6 is 0 Å². The van der Waals surface area contributed by atoms with E-state index in [0.29, 0.717) is 11.1 Å². The van der Waals surface area contributed by atoms with E-state index in [2.05, 4.69) is 31.6 Å². The zero-order valence-corrected chi connectivity index (χ0v) is 30.0. The summed E-state index contributed by atoms with van der Waals surface area (Å²) in [4.78, 5) is 92.2. The number of fused-ring (bicyclic) bond motifs is 1. The second kappa shape index (κ2) is 21.3. The summed E-state index contributed by atoms with van der Waals surface area (Å²) in [5, 5.41) is 39.9. The lowest BCUT2D eigenvalue weighted by molar-refractivity contribution is -0.142. The van der Waals surface area contributed by atoms with Gasteiger partial charge >= 0.3 is 11.9 Å². The number of hydrogen-bond donors (Lipinski definition) is 12. The van der Waals surface area contributed by atoms with E-state index >= 15 is 0 Å². The summed E-state index contributed by atoms with van der Waals surface area (Å²) in [7, 11) is 0. The summed E-state index contributed by atoms with van der Waals surface area (Å²) in [5.41, 5.74) is 18.5. The molecule has 19 heteroatoms. The van der Waals surface area contributed by atoms with Gasteiger partial charge < -0.3 is 59.0 Å². The summed E-state index contributed by atoms with van der Waals surface area (Å²) in [5.74, 6) is -7.02. The van der Waals surface area contributed by atoms with Crippen molar-refractivity contribution in [3.8, 4) is 0 Å². The highest BCUT2D eigenvalue weighted by atomic mass is 16.4. The van der Waals surface area contributed by atoms with Gasteiger partial charge in [-0.05, 0) is 42.9 Å². The van der Waals surface area contributed by atoms with Crippen LogP contribution in [0.1, 0.15) is 49.7 Å². The standard InChI is InChI=1S/C36H48N10O9/c37-23(12-15-30(48)49)31(50)43-26(13-14-29(38)47)33(52)45-27(17-20-7-2-1-3-8-20)34(53)44-25(11-6-16-41-36(39)40)32(51)46-28(35(54)55)18-21-19-42-24-10-5-4-9-22(21)24/h1-5,7-10,19,23,25-28,42H,6,11-18,37H2,(H2,38,47)(H,43,50)(H,44,53)(H,45,52)(H,46,51)(H,48,49)(H,54,55)(H4,39,40,41)/t23-,25-,26-,27+,28-/m0/s1. The van der Waals surface area contributed by atoms with Gasteiger partial charge in [0.15, 0.2) is 5.96 Å². The highest BCUT2D eigenvalue weighted by Crippen LogP contribution is 2.19. The topological polar surface area (TPSA) is 338 Å². The first-order valence-corrected chi connectivity index (χ1v) is 17.5. The van der Waals surface area contributed by atoms with Gasteiger partial charge in [-0.1, -0.05) is 48.5 Å². The number of H-pyrrole nitrogens is 1. The number of carboxylic acids is 2. The zero-order valence-electron chi connectivity index (χ0n) is 30.0. The first-order valence-electron chi connectivity index (χ1n) is 17.5. The largest absolute Gasteiger partial charge is 0.481 e. The van der Waals surface area contributed by atoms with Crippen LogP contribution in [0, 0.1) is 5.41 Å². The van der Waals surface area contributed by atoms with Gasteiger partial charge in [0.25, 0.3) is 0 Å². The average Bonchev–Trinajstić information content (AvgIpc) is 3.55. The Morgan fingerprint density at radius 3 is 1.91 bits per heavy atom. The van der Waals surface area contributed by atoms with Gasteiger partial charge in [0.2, 0.25) is 29.5 Å². The van der Waals surface area contributed by atoms with Gasteiger partial charge in [-0.2, -0.15) is 0 Å². The fourth-order valence-electron chi connectivity index (χ4n) is 5.64. The lowest BCUT2D eigenvalue weighted by atomic mass is 10.0. The molecule has 19 nitrogen and oxygen atoms in total. The summed E-state index contributed by atoms with van der Waals surface area (Å²) in [6.45, 7) is 0.146. The first-order chi connectivity index (χ1) is 26.1. The van der Waals surface area contributed by atoms with Crippen molar-refractivity contribution in [1.82, 2.24) is 31.6 Å². The molecule has 0 saturated carbocycles. The van der Waals surface area contributed by atoms with E-state index in [-0.39, 0.29) is 57.5 Å². The normalized spacial score (nSPS) is 13.6. The number of nitrogens with two attached hydrogens (primary N) is 3. The third kappa shape index (κ3) is 14.4. The third-order valence-corrected chi connectivity index (χ3v) is 8.57. The van der Waals surface area contributed by atoms with Crippen LogP contribution in [0.15, 0.2) is 60.8 Å². The molecule has 0 aliphatic rings. The van der Waals surface area contributed by atoms with E-state index in [0.717, 1.165) is 10.9 Å². The Kier molecular flexibility index (Phi) is 16.6. The molecular weight excluding hydrogens is 716 g/mol. The number of benzene rings is 2. The van der Waals surface area contributed by atoms with Crippen molar-refractivity contribution in [1.29, 1.82) is 5.41 Å². The summed E-state index contributed by atoms with van der Waals surface area (Å²) < 4.78 is 0. The number of aliphatic carboxylic acids is 2. The number of aromatic nitrogens is 1. The van der Waals surface area contributed by atoms with E-state index in [1.54, 1.807) is 42.6 Å². The summed E-state index contributed by atoms with van der Waals surface area (Å²) >= 11 is 0. The monoisotopic (exact) mass is 764 g/mol. The van der Waals surface area contributed by atoms with E-state index in [9.17, 15) is 38.7 Å². The molecule has 0 radical (unpaired) electrons. The van der Waals surface area contributed by atoms with Crippen molar-refractivity contribution in [2.24, 2.45) is 17.2 Å². The molecule has 3 rings (SSSR count). The Morgan fingerprint density at radius 2 is 1.27 bits per heavy atom. The molecule has 1 aromatic heterocycles. The van der Waals surface area contributed by atoms with Crippen molar-refractivity contribution < 1.29 is 43.8 Å². The summed E-state index contributed by atoms with van der Waals surface area (Å²) in [6, 6.07) is 9.00. The average molecular weight is 765 g/mol. The number of para-hydroxylation sites is 1. The van der Waals surface area contributed by atoms with Gasteiger partial charge in [0.1, 0.15) is 24.2 Å². The SMILES string of the molecule is N=C(N)NCCC[C@H](NC(=O)[C@@H](Cc1ccccc1)NC(=O)[C@H](CCC(N)=O)NC(=O)[C@@H](N)CCC(=O)O)C(=O)N[C@@H](Cc1c[nH]c2ccccc12)C(=O)O. The maximum Gasteiger partial charge on any atom is 0.326 e. The predicted octanol–water partition coefficient (Wildman–Crippen LogP) is -1.30. The first kappa shape index (κ1) is 42.9. The molecule has 1 heterocycles. The molecule has 5 amide bonds. The van der Waals surface area contributed by atoms with Gasteiger partial charge in [-0.25, -0.2) is 4.79 Å². The Morgan fingerprint density at radius 1 is 0.691 bits per heavy atom. The quantitative estimate of drug-likeness (QED) is 0.0305. The number of rotatable bonds is 23. The highest BCUT2D eigenvalue weighted by Gasteiger charge is 2.32. The lowest BCUT2D eigenvalue weighted by Crippen LogP contribution is -2.59. The van der Waals surface area contributed by atoms with Crippen LogP contribution < -0.4 is 43.8 Å². The second-order valence-corrected chi connectivity index (χ2v) is 12.9. The van der Waals surface area contributed by atoms with Gasteiger partial charge in [-0.3, -0.25) is 34.2 Å². The maximum atomic E-state index is 14.0.